The number of nitrogens with one attached hydrogen (secondary N) is 2. The first-order valence-electron chi connectivity index (χ1n) is 8.81. The monoisotopic (exact) mass is 379 g/mol. The number of rotatable bonds is 5. The molecule has 2 aromatic heterocycles. The van der Waals surface area contributed by atoms with Gasteiger partial charge in [-0.25, -0.2) is 14.6 Å². The molecule has 0 spiro atoms. The standard InChI is InChI=1S/C20H17N3O5/c24-18(23-20(26)21-12-7-8-12)11-28-19(25)14-10-16(17-6-3-9-27-17)22-15-5-2-1-4-13(14)15/h1-6,9-10,12H,7-8,11H2,(H2,21,23,24,26). The molecule has 1 saturated carbocycles. The lowest BCUT2D eigenvalue weighted by Gasteiger charge is -2.09. The first-order chi connectivity index (χ1) is 13.6. The molecule has 3 amide bonds. The fourth-order valence-electron chi connectivity index (χ4n) is 2.72. The third-order valence-corrected chi connectivity index (χ3v) is 4.21. The van der Waals surface area contributed by atoms with Gasteiger partial charge in [-0.1, -0.05) is 18.2 Å². The molecule has 1 aliphatic carbocycles. The van der Waals surface area contributed by atoms with Crippen molar-refractivity contribution >= 4 is 28.8 Å². The number of carbonyl (C=O) groups excluding carboxylic acids is 3. The molecule has 0 unspecified atom stereocenters. The molecule has 2 N–H and O–H groups in total. The molecule has 1 fully saturated rings. The summed E-state index contributed by atoms with van der Waals surface area (Å²) in [4.78, 5) is 40.5. The molecule has 2 heterocycles. The van der Waals surface area contributed by atoms with E-state index in [1.165, 1.54) is 6.26 Å². The number of imide groups is 1. The molecule has 3 aromatic rings. The van der Waals surface area contributed by atoms with Crippen molar-refractivity contribution in [2.75, 3.05) is 6.61 Å². The number of urea groups is 1. The molecular weight excluding hydrogens is 362 g/mol. The van der Waals surface area contributed by atoms with Crippen molar-refractivity contribution in [2.24, 2.45) is 0 Å². The van der Waals surface area contributed by atoms with Crippen LogP contribution in [0, 0.1) is 0 Å². The van der Waals surface area contributed by atoms with Gasteiger partial charge in [-0.2, -0.15) is 0 Å². The van der Waals surface area contributed by atoms with E-state index in [2.05, 4.69) is 15.6 Å². The molecule has 8 nitrogen and oxygen atoms in total. The van der Waals surface area contributed by atoms with Gasteiger partial charge in [-0.15, -0.1) is 0 Å². The third-order valence-electron chi connectivity index (χ3n) is 4.21. The Bertz CT molecular complexity index is 1040. The van der Waals surface area contributed by atoms with Gasteiger partial charge in [0.05, 0.1) is 17.3 Å². The summed E-state index contributed by atoms with van der Waals surface area (Å²) in [5, 5.41) is 5.35. The van der Waals surface area contributed by atoms with E-state index in [0.717, 1.165) is 12.8 Å². The zero-order chi connectivity index (χ0) is 19.5. The number of para-hydroxylation sites is 1. The Hall–Kier alpha value is -3.68. The van der Waals surface area contributed by atoms with Gasteiger partial charge >= 0.3 is 12.0 Å². The largest absolute Gasteiger partial charge is 0.463 e. The molecule has 0 aliphatic heterocycles. The lowest BCUT2D eigenvalue weighted by molar-refractivity contribution is -0.123. The molecule has 8 heteroatoms. The van der Waals surface area contributed by atoms with E-state index in [1.54, 1.807) is 36.4 Å². The van der Waals surface area contributed by atoms with Gasteiger partial charge in [-0.05, 0) is 37.1 Å². The molecule has 28 heavy (non-hydrogen) atoms. The number of benzene rings is 1. The lowest BCUT2D eigenvalue weighted by atomic mass is 10.1. The fourth-order valence-corrected chi connectivity index (χ4v) is 2.72. The first kappa shape index (κ1) is 17.7. The van der Waals surface area contributed by atoms with E-state index in [-0.39, 0.29) is 11.6 Å². The van der Waals surface area contributed by atoms with Crippen molar-refractivity contribution in [1.82, 2.24) is 15.6 Å². The van der Waals surface area contributed by atoms with Gasteiger partial charge in [0.25, 0.3) is 5.91 Å². The topological polar surface area (TPSA) is 111 Å². The quantitative estimate of drug-likeness (QED) is 0.660. The minimum Gasteiger partial charge on any atom is -0.463 e. The molecule has 1 aliphatic rings. The van der Waals surface area contributed by atoms with E-state index in [0.29, 0.717) is 22.4 Å². The molecule has 142 valence electrons. The van der Waals surface area contributed by atoms with Crippen LogP contribution in [-0.2, 0) is 9.53 Å². The number of pyridine rings is 1. The van der Waals surface area contributed by atoms with Crippen molar-refractivity contribution in [1.29, 1.82) is 0 Å². The van der Waals surface area contributed by atoms with Gasteiger partial charge in [0.1, 0.15) is 5.69 Å². The zero-order valence-corrected chi connectivity index (χ0v) is 14.8. The highest BCUT2D eigenvalue weighted by Crippen LogP contribution is 2.25. The third kappa shape index (κ3) is 4.01. The van der Waals surface area contributed by atoms with E-state index < -0.39 is 24.5 Å². The number of aromatic nitrogens is 1. The predicted octanol–water partition coefficient (Wildman–Crippen LogP) is 2.64. The Kier molecular flexibility index (Phi) is 4.76. The Balaban J connectivity index is 1.50. The summed E-state index contributed by atoms with van der Waals surface area (Å²) in [7, 11) is 0. The summed E-state index contributed by atoms with van der Waals surface area (Å²) in [5.74, 6) is -0.880. The van der Waals surface area contributed by atoms with E-state index in [9.17, 15) is 14.4 Å². The maximum Gasteiger partial charge on any atom is 0.339 e. The number of hydrogen-bond acceptors (Lipinski definition) is 6. The second kappa shape index (κ2) is 7.51. The second-order valence-corrected chi connectivity index (χ2v) is 6.42. The Labute approximate surface area is 159 Å². The van der Waals surface area contributed by atoms with Crippen LogP contribution in [0.5, 0.6) is 0 Å². The van der Waals surface area contributed by atoms with Crippen molar-refractivity contribution in [3.05, 3.63) is 54.3 Å². The number of nitrogens with zero attached hydrogens (tertiary/aromatic N) is 1. The van der Waals surface area contributed by atoms with E-state index in [4.69, 9.17) is 9.15 Å². The van der Waals surface area contributed by atoms with Crippen LogP contribution >= 0.6 is 0 Å². The molecule has 0 saturated heterocycles. The Morgan fingerprint density at radius 3 is 2.71 bits per heavy atom. The number of ether oxygens (including phenoxy) is 1. The molecule has 1 aromatic carbocycles. The summed E-state index contributed by atoms with van der Waals surface area (Å²) in [6, 6.07) is 11.7. The van der Waals surface area contributed by atoms with Gasteiger partial charge in [0.2, 0.25) is 0 Å². The number of fused-ring (bicyclic) bond motifs is 1. The highest BCUT2D eigenvalue weighted by atomic mass is 16.5. The molecule has 0 radical (unpaired) electrons. The SMILES string of the molecule is O=C(COC(=O)c1cc(-c2ccco2)nc2ccccc12)NC(=O)NC1CC1. The van der Waals surface area contributed by atoms with Crippen molar-refractivity contribution in [3.8, 4) is 11.5 Å². The maximum absolute atomic E-state index is 12.6. The predicted molar refractivity (Wildman–Crippen MR) is 99.4 cm³/mol. The number of esters is 1. The molecule has 0 atom stereocenters. The van der Waals surface area contributed by atoms with Crippen LogP contribution in [0.4, 0.5) is 4.79 Å². The van der Waals surface area contributed by atoms with Gasteiger partial charge in [-0.3, -0.25) is 10.1 Å². The second-order valence-electron chi connectivity index (χ2n) is 6.42. The molecular formula is C20H17N3O5. The molecule has 0 bridgehead atoms. The van der Waals surface area contributed by atoms with Crippen LogP contribution in [0.3, 0.4) is 0 Å². The van der Waals surface area contributed by atoms with Crippen LogP contribution in [-0.4, -0.2) is 35.5 Å². The number of furan rings is 1. The van der Waals surface area contributed by atoms with Crippen LogP contribution in [0.25, 0.3) is 22.4 Å². The number of carbonyl (C=O) groups is 3. The van der Waals surface area contributed by atoms with E-state index in [1.807, 2.05) is 6.07 Å². The highest BCUT2D eigenvalue weighted by Gasteiger charge is 2.24. The first-order valence-corrected chi connectivity index (χ1v) is 8.81. The Morgan fingerprint density at radius 2 is 1.96 bits per heavy atom. The van der Waals surface area contributed by atoms with Crippen LogP contribution < -0.4 is 10.6 Å². The smallest absolute Gasteiger partial charge is 0.339 e. The van der Waals surface area contributed by atoms with E-state index >= 15 is 0 Å². The number of hydrogen-bond donors (Lipinski definition) is 2. The summed E-state index contributed by atoms with van der Waals surface area (Å²) >= 11 is 0. The van der Waals surface area contributed by atoms with Crippen molar-refractivity contribution < 1.29 is 23.5 Å². The fraction of sp³-hybridized carbons (Fsp3) is 0.200. The lowest BCUT2D eigenvalue weighted by Crippen LogP contribution is -2.42. The van der Waals surface area contributed by atoms with Crippen molar-refractivity contribution in [2.45, 2.75) is 18.9 Å². The van der Waals surface area contributed by atoms with Gasteiger partial charge in [0, 0.05) is 11.4 Å². The van der Waals surface area contributed by atoms with Gasteiger partial charge < -0.3 is 14.5 Å². The maximum atomic E-state index is 12.6. The van der Waals surface area contributed by atoms with Gasteiger partial charge in [0.15, 0.2) is 12.4 Å². The van der Waals surface area contributed by atoms with Crippen LogP contribution in [0.1, 0.15) is 23.2 Å². The summed E-state index contributed by atoms with van der Waals surface area (Å²) in [6.45, 7) is -0.566. The average molecular weight is 379 g/mol. The zero-order valence-electron chi connectivity index (χ0n) is 14.8. The summed E-state index contributed by atoms with van der Waals surface area (Å²) in [5.41, 5.74) is 1.33. The van der Waals surface area contributed by atoms with Crippen LogP contribution in [0.2, 0.25) is 0 Å². The minimum absolute atomic E-state index is 0.124. The molecule has 4 rings (SSSR count). The van der Waals surface area contributed by atoms with Crippen LogP contribution in [0.15, 0.2) is 53.1 Å². The number of amides is 3. The summed E-state index contributed by atoms with van der Waals surface area (Å²) in [6.07, 6.45) is 3.33. The normalized spacial score (nSPS) is 13.1. The summed E-state index contributed by atoms with van der Waals surface area (Å²) < 4.78 is 10.5. The average Bonchev–Trinajstić information content (AvgIpc) is 3.32. The Morgan fingerprint density at radius 1 is 1.14 bits per heavy atom. The minimum atomic E-state index is -0.698. The van der Waals surface area contributed by atoms with Crippen molar-refractivity contribution in [3.63, 3.8) is 0 Å². The highest BCUT2D eigenvalue weighted by molar-refractivity contribution is 6.05.